The summed E-state index contributed by atoms with van der Waals surface area (Å²) in [5, 5.41) is 15.5. The van der Waals surface area contributed by atoms with Crippen molar-refractivity contribution >= 4 is 5.96 Å². The van der Waals surface area contributed by atoms with Crippen molar-refractivity contribution in [2.24, 2.45) is 4.99 Å². The molecule has 1 aromatic heterocycles. The highest BCUT2D eigenvalue weighted by molar-refractivity contribution is 5.79. The fourth-order valence-corrected chi connectivity index (χ4v) is 3.28. The summed E-state index contributed by atoms with van der Waals surface area (Å²) in [5.41, 5.74) is 1.22. The van der Waals surface area contributed by atoms with Crippen LogP contribution in [0, 0.1) is 0 Å². The van der Waals surface area contributed by atoms with Crippen LogP contribution in [0.3, 0.4) is 0 Å². The fourth-order valence-electron chi connectivity index (χ4n) is 3.28. The summed E-state index contributed by atoms with van der Waals surface area (Å²) in [6, 6.07) is 10.3. The third-order valence-electron chi connectivity index (χ3n) is 4.66. The molecule has 0 radical (unpaired) electrons. The van der Waals surface area contributed by atoms with Crippen LogP contribution in [0.25, 0.3) is 0 Å². The lowest BCUT2D eigenvalue weighted by atomic mass is 10.2. The van der Waals surface area contributed by atoms with Gasteiger partial charge in [-0.05, 0) is 31.7 Å². The van der Waals surface area contributed by atoms with Crippen molar-refractivity contribution in [3.63, 3.8) is 0 Å². The van der Waals surface area contributed by atoms with Crippen LogP contribution in [0.1, 0.15) is 49.8 Å². The molecule has 0 bridgehead atoms. The highest BCUT2D eigenvalue weighted by atomic mass is 15.3. The van der Waals surface area contributed by atoms with E-state index >= 15 is 0 Å². The van der Waals surface area contributed by atoms with Crippen LogP contribution in [0.2, 0.25) is 0 Å². The van der Waals surface area contributed by atoms with E-state index in [9.17, 15) is 0 Å². The summed E-state index contributed by atoms with van der Waals surface area (Å²) in [5.74, 6) is 3.18. The lowest BCUT2D eigenvalue weighted by molar-refractivity contribution is 0.594. The summed E-state index contributed by atoms with van der Waals surface area (Å²) < 4.78 is 2.34. The van der Waals surface area contributed by atoms with Crippen molar-refractivity contribution in [2.75, 3.05) is 13.1 Å². The van der Waals surface area contributed by atoms with E-state index in [4.69, 9.17) is 0 Å². The first-order valence-corrected chi connectivity index (χ1v) is 9.84. The van der Waals surface area contributed by atoms with Crippen LogP contribution in [0.5, 0.6) is 0 Å². The van der Waals surface area contributed by atoms with Crippen molar-refractivity contribution in [2.45, 2.75) is 58.5 Å². The van der Waals surface area contributed by atoms with Crippen molar-refractivity contribution in [1.29, 1.82) is 0 Å². The molecule has 0 saturated heterocycles. The molecule has 0 unspecified atom stereocenters. The van der Waals surface area contributed by atoms with Crippen LogP contribution in [-0.2, 0) is 25.9 Å². The molecule has 0 amide bonds. The SMILES string of the molecule is CCNC(=NCc1ccccc1)NCCCc1nnc2n1CCCCC2. The van der Waals surface area contributed by atoms with Gasteiger partial charge in [-0.2, -0.15) is 0 Å². The minimum absolute atomic E-state index is 0.688. The van der Waals surface area contributed by atoms with Gasteiger partial charge in [0.15, 0.2) is 5.96 Å². The van der Waals surface area contributed by atoms with Gasteiger partial charge in [0.25, 0.3) is 0 Å². The van der Waals surface area contributed by atoms with Gasteiger partial charge >= 0.3 is 0 Å². The van der Waals surface area contributed by atoms with Crippen LogP contribution < -0.4 is 10.6 Å². The number of nitrogens with zero attached hydrogens (tertiary/aromatic N) is 4. The van der Waals surface area contributed by atoms with Crippen LogP contribution in [-0.4, -0.2) is 33.8 Å². The zero-order valence-corrected chi connectivity index (χ0v) is 15.7. The second kappa shape index (κ2) is 9.94. The minimum atomic E-state index is 0.688. The molecule has 0 atom stereocenters. The smallest absolute Gasteiger partial charge is 0.191 e. The molecule has 0 fully saturated rings. The lowest BCUT2D eigenvalue weighted by Gasteiger charge is -2.11. The highest BCUT2D eigenvalue weighted by Gasteiger charge is 2.14. The molecule has 3 rings (SSSR count). The molecule has 2 N–H and O–H groups in total. The summed E-state index contributed by atoms with van der Waals surface area (Å²) in [6.07, 6.45) is 6.83. The molecule has 1 aromatic carbocycles. The first-order chi connectivity index (χ1) is 12.9. The molecule has 2 heterocycles. The van der Waals surface area contributed by atoms with Crippen molar-refractivity contribution in [1.82, 2.24) is 25.4 Å². The van der Waals surface area contributed by atoms with Crippen molar-refractivity contribution < 1.29 is 0 Å². The largest absolute Gasteiger partial charge is 0.357 e. The number of fused-ring (bicyclic) bond motifs is 1. The normalized spacial score (nSPS) is 14.6. The number of guanidine groups is 1. The van der Waals surface area contributed by atoms with Gasteiger partial charge in [-0.25, -0.2) is 4.99 Å². The third kappa shape index (κ3) is 5.31. The maximum atomic E-state index is 4.66. The number of hydrogen-bond acceptors (Lipinski definition) is 3. The first kappa shape index (κ1) is 18.4. The summed E-state index contributed by atoms with van der Waals surface area (Å²) in [7, 11) is 0. The Bertz CT molecular complexity index is 692. The van der Waals surface area contributed by atoms with Crippen LogP contribution in [0.15, 0.2) is 35.3 Å². The van der Waals surface area contributed by atoms with E-state index < -0.39 is 0 Å². The summed E-state index contributed by atoms with van der Waals surface area (Å²) in [6.45, 7) is 5.59. The molecule has 0 saturated carbocycles. The molecule has 1 aliphatic heterocycles. The number of aromatic nitrogens is 3. The van der Waals surface area contributed by atoms with E-state index in [2.05, 4.69) is 49.4 Å². The van der Waals surface area contributed by atoms with E-state index in [1.807, 2.05) is 18.2 Å². The molecular formula is C20H30N6. The Morgan fingerprint density at radius 1 is 1.12 bits per heavy atom. The first-order valence-electron chi connectivity index (χ1n) is 9.84. The number of benzene rings is 1. The van der Waals surface area contributed by atoms with Gasteiger partial charge in [0.1, 0.15) is 11.6 Å². The maximum Gasteiger partial charge on any atom is 0.191 e. The highest BCUT2D eigenvalue weighted by Crippen LogP contribution is 2.15. The Morgan fingerprint density at radius 3 is 2.85 bits per heavy atom. The van der Waals surface area contributed by atoms with E-state index in [1.165, 1.54) is 30.7 Å². The molecule has 0 aliphatic carbocycles. The zero-order valence-electron chi connectivity index (χ0n) is 15.7. The minimum Gasteiger partial charge on any atom is -0.357 e. The van der Waals surface area contributed by atoms with E-state index in [0.29, 0.717) is 6.54 Å². The molecule has 6 heteroatoms. The fraction of sp³-hybridized carbons (Fsp3) is 0.550. The molecule has 1 aliphatic rings. The predicted octanol–water partition coefficient (Wildman–Crippen LogP) is 2.69. The predicted molar refractivity (Wildman–Crippen MR) is 105 cm³/mol. The Kier molecular flexibility index (Phi) is 7.05. The van der Waals surface area contributed by atoms with Crippen molar-refractivity contribution in [3.05, 3.63) is 47.5 Å². The molecular weight excluding hydrogens is 324 g/mol. The van der Waals surface area contributed by atoms with E-state index in [-0.39, 0.29) is 0 Å². The third-order valence-corrected chi connectivity index (χ3v) is 4.66. The van der Waals surface area contributed by atoms with Gasteiger partial charge in [0, 0.05) is 32.5 Å². The van der Waals surface area contributed by atoms with Crippen molar-refractivity contribution in [3.8, 4) is 0 Å². The molecule has 6 nitrogen and oxygen atoms in total. The Hall–Kier alpha value is -2.37. The molecule has 26 heavy (non-hydrogen) atoms. The number of nitrogens with one attached hydrogen (secondary N) is 2. The quantitative estimate of drug-likeness (QED) is 0.456. The van der Waals surface area contributed by atoms with Crippen LogP contribution in [0.4, 0.5) is 0 Å². The molecule has 140 valence electrons. The Labute approximate surface area is 156 Å². The van der Waals surface area contributed by atoms with Gasteiger partial charge in [-0.15, -0.1) is 10.2 Å². The second-order valence-electron chi connectivity index (χ2n) is 6.71. The zero-order chi connectivity index (χ0) is 18.0. The number of hydrogen-bond donors (Lipinski definition) is 2. The lowest BCUT2D eigenvalue weighted by Crippen LogP contribution is -2.37. The second-order valence-corrected chi connectivity index (χ2v) is 6.71. The molecule has 2 aromatic rings. The van der Waals surface area contributed by atoms with Gasteiger partial charge in [-0.3, -0.25) is 0 Å². The Balaban J connectivity index is 1.47. The summed E-state index contributed by atoms with van der Waals surface area (Å²) in [4.78, 5) is 4.66. The monoisotopic (exact) mass is 354 g/mol. The maximum absolute atomic E-state index is 4.66. The number of rotatable bonds is 7. The van der Waals surface area contributed by atoms with Gasteiger partial charge in [0.2, 0.25) is 0 Å². The molecule has 0 spiro atoms. The summed E-state index contributed by atoms with van der Waals surface area (Å²) >= 11 is 0. The standard InChI is InChI=1S/C20H30N6/c1-2-21-20(23-16-17-10-5-3-6-11-17)22-14-9-13-19-25-24-18-12-7-4-8-15-26(18)19/h3,5-6,10-11H,2,4,7-9,12-16H2,1H3,(H2,21,22,23). The number of aryl methyl sites for hydroxylation is 2. The average Bonchev–Trinajstić information content (AvgIpc) is 2.90. The van der Waals surface area contributed by atoms with E-state index in [1.54, 1.807) is 0 Å². The number of aliphatic imine (C=N–C) groups is 1. The Morgan fingerprint density at radius 2 is 2.00 bits per heavy atom. The van der Waals surface area contributed by atoms with Gasteiger partial charge in [-0.1, -0.05) is 36.8 Å². The van der Waals surface area contributed by atoms with Crippen LogP contribution >= 0.6 is 0 Å². The average molecular weight is 355 g/mol. The topological polar surface area (TPSA) is 67.1 Å². The van der Waals surface area contributed by atoms with Gasteiger partial charge in [0.05, 0.1) is 6.54 Å². The van der Waals surface area contributed by atoms with Gasteiger partial charge < -0.3 is 15.2 Å². The van der Waals surface area contributed by atoms with E-state index in [0.717, 1.165) is 50.7 Å².